The molecule has 4 N–H and O–H groups in total. The average molecular weight is 472 g/mol. The third kappa shape index (κ3) is 4.37. The first-order valence-corrected chi connectivity index (χ1v) is 9.73. The number of aromatic nitrogens is 3. The van der Waals surface area contributed by atoms with E-state index in [2.05, 4.69) is 20.7 Å². The third-order valence-corrected chi connectivity index (χ3v) is 4.94. The maximum absolute atomic E-state index is 13.9. The number of halogens is 4. The molecular weight excluding hydrogens is 456 g/mol. The minimum atomic E-state index is -4.68. The number of ketones is 1. The highest BCUT2D eigenvalue weighted by Crippen LogP contribution is 2.33. The molecule has 0 atom stereocenters. The molecule has 2 amide bonds. The summed E-state index contributed by atoms with van der Waals surface area (Å²) >= 11 is 0. The van der Waals surface area contributed by atoms with Gasteiger partial charge in [-0.05, 0) is 42.0 Å². The first kappa shape index (κ1) is 22.7. The first-order chi connectivity index (χ1) is 16.0. The molecule has 0 unspecified atom stereocenters. The van der Waals surface area contributed by atoms with Gasteiger partial charge in [-0.25, -0.2) is 18.7 Å². The summed E-state index contributed by atoms with van der Waals surface area (Å²) in [6, 6.07) is 8.71. The Morgan fingerprint density at radius 3 is 2.38 bits per heavy atom. The molecule has 2 aromatic carbocycles. The number of Topliss-reactive ketones (excluding diaryl/α,β-unsaturated/α-hetero) is 1. The van der Waals surface area contributed by atoms with E-state index in [1.165, 1.54) is 29.9 Å². The quantitative estimate of drug-likeness (QED) is 0.286. The molecule has 0 aliphatic heterocycles. The lowest BCUT2D eigenvalue weighted by Crippen LogP contribution is -2.20. The molecule has 2 heterocycles. The van der Waals surface area contributed by atoms with E-state index >= 15 is 0 Å². The van der Waals surface area contributed by atoms with Crippen molar-refractivity contribution < 1.29 is 27.2 Å². The van der Waals surface area contributed by atoms with Crippen LogP contribution in [0.5, 0.6) is 0 Å². The van der Waals surface area contributed by atoms with Crippen molar-refractivity contribution in [2.75, 3.05) is 16.4 Å². The minimum absolute atomic E-state index is 0.169. The zero-order valence-corrected chi connectivity index (χ0v) is 17.4. The summed E-state index contributed by atoms with van der Waals surface area (Å²) in [7, 11) is 0. The smallest absolute Gasteiger partial charge is 0.382 e. The molecular formula is C22H16F4N6O2. The monoisotopic (exact) mass is 472 g/mol. The summed E-state index contributed by atoms with van der Waals surface area (Å²) in [5.41, 5.74) is 6.53. The first-order valence-electron chi connectivity index (χ1n) is 9.73. The molecule has 12 heteroatoms. The second kappa shape index (κ2) is 8.46. The number of benzene rings is 2. The maximum atomic E-state index is 13.9. The van der Waals surface area contributed by atoms with Gasteiger partial charge < -0.3 is 16.4 Å². The van der Waals surface area contributed by atoms with E-state index in [1.54, 1.807) is 18.2 Å². The van der Waals surface area contributed by atoms with E-state index in [9.17, 15) is 27.2 Å². The molecule has 2 aromatic heterocycles. The van der Waals surface area contributed by atoms with Crippen molar-refractivity contribution in [1.29, 1.82) is 0 Å². The van der Waals surface area contributed by atoms with Crippen LogP contribution in [-0.4, -0.2) is 26.4 Å². The number of anilines is 3. The van der Waals surface area contributed by atoms with Crippen molar-refractivity contribution in [3.05, 3.63) is 71.9 Å². The molecule has 34 heavy (non-hydrogen) atoms. The largest absolute Gasteiger partial charge is 0.416 e. The third-order valence-electron chi connectivity index (χ3n) is 4.94. The number of fused-ring (bicyclic) bond motifs is 1. The number of alkyl halides is 3. The number of amides is 2. The topological polar surface area (TPSA) is 114 Å². The van der Waals surface area contributed by atoms with Gasteiger partial charge in [-0.1, -0.05) is 12.1 Å². The predicted octanol–water partition coefficient (Wildman–Crippen LogP) is 4.98. The Bertz CT molecular complexity index is 1410. The molecule has 174 valence electrons. The van der Waals surface area contributed by atoms with Crippen molar-refractivity contribution in [3.8, 4) is 11.1 Å². The number of urea groups is 1. The Kier molecular flexibility index (Phi) is 5.65. The van der Waals surface area contributed by atoms with Gasteiger partial charge in [-0.15, -0.1) is 0 Å². The fraction of sp³-hybridized carbons (Fsp3) is 0.0909. The SMILES string of the molecule is CC(=O)c1cc(-c2ccc(NC(=O)Nc3cc(C(F)(F)F)ccc3F)cc2)c2c(N)ncnn12. The van der Waals surface area contributed by atoms with Crippen LogP contribution in [0.25, 0.3) is 16.6 Å². The predicted molar refractivity (Wildman–Crippen MR) is 117 cm³/mol. The van der Waals surface area contributed by atoms with Gasteiger partial charge in [0.1, 0.15) is 23.4 Å². The standard InChI is InChI=1S/C22H16F4N6O2/c1-11(33)18-9-15(19-20(27)28-10-29-32(18)19)12-2-5-14(6-3-12)30-21(34)31-17-8-13(22(24,25)26)4-7-16(17)23/h2-10H,1H3,(H2,27,28,29)(H2,30,31,34). The number of nitrogens with two attached hydrogens (primary N) is 1. The maximum Gasteiger partial charge on any atom is 0.416 e. The Morgan fingerprint density at radius 2 is 1.74 bits per heavy atom. The summed E-state index contributed by atoms with van der Waals surface area (Å²) in [5.74, 6) is -1.07. The van der Waals surface area contributed by atoms with Crippen molar-refractivity contribution >= 4 is 34.5 Å². The van der Waals surface area contributed by atoms with Gasteiger partial charge in [0.05, 0.1) is 11.3 Å². The van der Waals surface area contributed by atoms with E-state index in [1.807, 2.05) is 0 Å². The zero-order chi connectivity index (χ0) is 24.6. The number of nitrogens with one attached hydrogen (secondary N) is 2. The number of carbonyl (C=O) groups is 2. The lowest BCUT2D eigenvalue weighted by Gasteiger charge is -2.12. The molecule has 4 rings (SSSR count). The van der Waals surface area contributed by atoms with Crippen molar-refractivity contribution in [2.45, 2.75) is 13.1 Å². The Balaban J connectivity index is 1.56. The van der Waals surface area contributed by atoms with Gasteiger partial charge in [-0.2, -0.15) is 18.3 Å². The number of rotatable bonds is 4. The fourth-order valence-electron chi connectivity index (χ4n) is 3.35. The number of nitrogens with zero attached hydrogens (tertiary/aromatic N) is 3. The van der Waals surface area contributed by atoms with E-state index in [0.717, 1.165) is 0 Å². The van der Waals surface area contributed by atoms with Crippen LogP contribution in [-0.2, 0) is 6.18 Å². The number of carbonyl (C=O) groups excluding carboxylic acids is 2. The molecule has 0 fully saturated rings. The summed E-state index contributed by atoms with van der Waals surface area (Å²) in [4.78, 5) is 28.1. The normalized spacial score (nSPS) is 11.4. The van der Waals surface area contributed by atoms with Gasteiger partial charge >= 0.3 is 12.2 Å². The van der Waals surface area contributed by atoms with Crippen LogP contribution in [0.15, 0.2) is 54.9 Å². The van der Waals surface area contributed by atoms with E-state index in [4.69, 9.17) is 5.73 Å². The van der Waals surface area contributed by atoms with Crippen molar-refractivity contribution in [2.24, 2.45) is 0 Å². The highest BCUT2D eigenvalue weighted by Gasteiger charge is 2.31. The van der Waals surface area contributed by atoms with E-state index < -0.39 is 29.3 Å². The highest BCUT2D eigenvalue weighted by molar-refractivity contribution is 6.01. The lowest BCUT2D eigenvalue weighted by molar-refractivity contribution is -0.137. The van der Waals surface area contributed by atoms with Gasteiger partial charge in [0.15, 0.2) is 11.6 Å². The minimum Gasteiger partial charge on any atom is -0.382 e. The summed E-state index contributed by atoms with van der Waals surface area (Å²) in [6.45, 7) is 1.39. The van der Waals surface area contributed by atoms with Crippen LogP contribution in [0.1, 0.15) is 23.0 Å². The van der Waals surface area contributed by atoms with Gasteiger partial charge in [-0.3, -0.25) is 4.79 Å². The van der Waals surface area contributed by atoms with Crippen LogP contribution in [0.3, 0.4) is 0 Å². The van der Waals surface area contributed by atoms with Crippen LogP contribution in [0, 0.1) is 5.82 Å². The molecule has 0 bridgehead atoms. The van der Waals surface area contributed by atoms with Gasteiger partial charge in [0, 0.05) is 18.2 Å². The summed E-state index contributed by atoms with van der Waals surface area (Å²) < 4.78 is 53.8. The molecule has 0 radical (unpaired) electrons. The van der Waals surface area contributed by atoms with Gasteiger partial charge in [0.25, 0.3) is 0 Å². The van der Waals surface area contributed by atoms with Gasteiger partial charge in [0.2, 0.25) is 0 Å². The fourth-order valence-corrected chi connectivity index (χ4v) is 3.35. The second-order valence-corrected chi connectivity index (χ2v) is 7.25. The van der Waals surface area contributed by atoms with Crippen LogP contribution >= 0.6 is 0 Å². The van der Waals surface area contributed by atoms with E-state index in [0.29, 0.717) is 40.5 Å². The van der Waals surface area contributed by atoms with Crippen LogP contribution in [0.2, 0.25) is 0 Å². The number of nitrogen functional groups attached to an aromatic ring is 1. The number of hydrogen-bond donors (Lipinski definition) is 3. The molecule has 0 saturated carbocycles. The Hall–Kier alpha value is -4.48. The molecule has 0 aliphatic carbocycles. The summed E-state index contributed by atoms with van der Waals surface area (Å²) in [6.07, 6.45) is -3.45. The Labute approximate surface area is 189 Å². The van der Waals surface area contributed by atoms with Crippen molar-refractivity contribution in [3.63, 3.8) is 0 Å². The van der Waals surface area contributed by atoms with Crippen molar-refractivity contribution in [1.82, 2.24) is 14.6 Å². The Morgan fingerprint density at radius 1 is 1.03 bits per heavy atom. The summed E-state index contributed by atoms with van der Waals surface area (Å²) in [5, 5.41) is 8.56. The average Bonchev–Trinajstić information content (AvgIpc) is 3.16. The molecule has 4 aromatic rings. The number of hydrogen-bond acceptors (Lipinski definition) is 5. The zero-order valence-electron chi connectivity index (χ0n) is 17.4. The highest BCUT2D eigenvalue weighted by atomic mass is 19.4. The van der Waals surface area contributed by atoms with Crippen LogP contribution < -0.4 is 16.4 Å². The molecule has 8 nitrogen and oxygen atoms in total. The second-order valence-electron chi connectivity index (χ2n) is 7.25. The molecule has 0 saturated heterocycles. The lowest BCUT2D eigenvalue weighted by atomic mass is 10.1. The molecule has 0 spiro atoms. The molecule has 0 aliphatic rings. The van der Waals surface area contributed by atoms with E-state index in [-0.39, 0.29) is 17.3 Å². The van der Waals surface area contributed by atoms with Crippen LogP contribution in [0.4, 0.5) is 39.5 Å².